The monoisotopic (exact) mass is 455 g/mol. The van der Waals surface area contributed by atoms with Crippen LogP contribution in [0.2, 0.25) is 0 Å². The number of pyridine rings is 1. The van der Waals surface area contributed by atoms with E-state index < -0.39 is 11.7 Å². The molecule has 0 saturated heterocycles. The first-order valence-electron chi connectivity index (χ1n) is 9.27. The zero-order valence-corrected chi connectivity index (χ0v) is 17.4. The van der Waals surface area contributed by atoms with Gasteiger partial charge in [0.05, 0.1) is 28.0 Å². The SMILES string of the molecule is FC(F)(F)c1ccccc1-c1cc(Nc2n[nH]c3ccccc23)c2ccccc2n1.[V]. The Kier molecular flexibility index (Phi) is 5.47. The second-order valence-corrected chi connectivity index (χ2v) is 6.86. The Morgan fingerprint density at radius 2 is 1.48 bits per heavy atom. The zero-order valence-electron chi connectivity index (χ0n) is 16.0. The second kappa shape index (κ2) is 8.09. The van der Waals surface area contributed by atoms with E-state index in [1.807, 2.05) is 42.5 Å². The normalized spacial score (nSPS) is 11.5. The Morgan fingerprint density at radius 1 is 0.806 bits per heavy atom. The Bertz CT molecular complexity index is 1380. The van der Waals surface area contributed by atoms with Gasteiger partial charge in [-0.05, 0) is 30.3 Å². The van der Waals surface area contributed by atoms with Crippen molar-refractivity contribution >= 4 is 33.3 Å². The van der Waals surface area contributed by atoms with Gasteiger partial charge in [-0.1, -0.05) is 48.5 Å². The third-order valence-corrected chi connectivity index (χ3v) is 4.95. The molecule has 8 heteroatoms. The zero-order chi connectivity index (χ0) is 20.7. The molecule has 0 saturated carbocycles. The van der Waals surface area contributed by atoms with E-state index in [9.17, 15) is 13.2 Å². The van der Waals surface area contributed by atoms with E-state index in [0.29, 0.717) is 17.0 Å². The third kappa shape index (κ3) is 3.90. The number of halogens is 3. The third-order valence-electron chi connectivity index (χ3n) is 4.95. The van der Waals surface area contributed by atoms with Gasteiger partial charge in [0.15, 0.2) is 5.82 Å². The van der Waals surface area contributed by atoms with Crippen LogP contribution in [0.25, 0.3) is 33.1 Å². The summed E-state index contributed by atoms with van der Waals surface area (Å²) in [6.07, 6.45) is -4.48. The maximum Gasteiger partial charge on any atom is 0.417 e. The summed E-state index contributed by atoms with van der Waals surface area (Å²) in [5, 5.41) is 12.2. The van der Waals surface area contributed by atoms with Crippen molar-refractivity contribution in [2.24, 2.45) is 0 Å². The number of fused-ring (bicyclic) bond motifs is 2. The molecule has 0 fully saturated rings. The number of H-pyrrole nitrogens is 1. The van der Waals surface area contributed by atoms with Gasteiger partial charge in [-0.15, -0.1) is 0 Å². The Labute approximate surface area is 187 Å². The van der Waals surface area contributed by atoms with Gasteiger partial charge in [0, 0.05) is 34.9 Å². The summed E-state index contributed by atoms with van der Waals surface area (Å²) < 4.78 is 40.7. The van der Waals surface area contributed by atoms with Gasteiger partial charge < -0.3 is 5.32 Å². The van der Waals surface area contributed by atoms with Gasteiger partial charge in [0.1, 0.15) is 0 Å². The summed E-state index contributed by atoms with van der Waals surface area (Å²) in [7, 11) is 0. The van der Waals surface area contributed by atoms with Crippen molar-refractivity contribution in [1.29, 1.82) is 0 Å². The number of hydrogen-bond acceptors (Lipinski definition) is 3. The number of nitrogens with one attached hydrogen (secondary N) is 2. The van der Waals surface area contributed by atoms with Gasteiger partial charge in [-0.3, -0.25) is 5.10 Å². The maximum atomic E-state index is 13.6. The van der Waals surface area contributed by atoms with Crippen LogP contribution in [0, 0.1) is 0 Å². The number of nitrogens with zero attached hydrogens (tertiary/aromatic N) is 2. The van der Waals surface area contributed by atoms with Crippen molar-refractivity contribution in [2.75, 3.05) is 5.32 Å². The first-order valence-corrected chi connectivity index (χ1v) is 9.27. The van der Waals surface area contributed by atoms with E-state index in [-0.39, 0.29) is 29.8 Å². The summed E-state index contributed by atoms with van der Waals surface area (Å²) in [5.41, 5.74) is 1.64. The molecule has 0 aliphatic rings. The average Bonchev–Trinajstić information content (AvgIpc) is 3.16. The minimum Gasteiger partial charge on any atom is -0.338 e. The fourth-order valence-electron chi connectivity index (χ4n) is 3.56. The van der Waals surface area contributed by atoms with Gasteiger partial charge in [-0.2, -0.15) is 18.3 Å². The molecule has 2 heterocycles. The molecule has 0 bridgehead atoms. The number of aromatic amines is 1. The molecule has 153 valence electrons. The van der Waals surface area contributed by atoms with Crippen LogP contribution in [-0.2, 0) is 24.7 Å². The number of para-hydroxylation sites is 2. The molecular formula is C23H15F3N4V. The standard InChI is InChI=1S/C23H15F3N4.V/c24-23(25,26)17-10-4-1-7-14(17)20-13-21(15-8-2-5-11-18(15)27-20)28-22-16-9-3-6-12-19(16)29-30-22;/h1-13H,(H2,27,28,29,30);. The molecule has 0 spiro atoms. The minimum absolute atomic E-state index is 0. The average molecular weight is 455 g/mol. The van der Waals surface area contributed by atoms with Crippen molar-refractivity contribution in [2.45, 2.75) is 6.18 Å². The first-order chi connectivity index (χ1) is 14.5. The predicted octanol–water partition coefficient (Wildman–Crippen LogP) is 6.54. The van der Waals surface area contributed by atoms with Crippen LogP contribution in [0.4, 0.5) is 24.7 Å². The van der Waals surface area contributed by atoms with Gasteiger partial charge in [-0.25, -0.2) is 4.98 Å². The van der Waals surface area contributed by atoms with Crippen LogP contribution in [0.15, 0.2) is 78.9 Å². The topological polar surface area (TPSA) is 53.6 Å². The van der Waals surface area contributed by atoms with Crippen molar-refractivity contribution in [3.8, 4) is 11.3 Å². The van der Waals surface area contributed by atoms with Crippen LogP contribution in [0.3, 0.4) is 0 Å². The summed E-state index contributed by atoms with van der Waals surface area (Å²) in [5.74, 6) is 0.594. The van der Waals surface area contributed by atoms with Crippen molar-refractivity contribution < 1.29 is 31.7 Å². The van der Waals surface area contributed by atoms with Crippen LogP contribution in [0.5, 0.6) is 0 Å². The molecule has 5 rings (SSSR count). The van der Waals surface area contributed by atoms with E-state index in [2.05, 4.69) is 20.5 Å². The number of rotatable bonds is 3. The van der Waals surface area contributed by atoms with Gasteiger partial charge in [0.2, 0.25) is 0 Å². The summed E-state index contributed by atoms with van der Waals surface area (Å²) in [6, 6.07) is 22.1. The molecule has 31 heavy (non-hydrogen) atoms. The van der Waals surface area contributed by atoms with Crippen molar-refractivity contribution in [3.63, 3.8) is 0 Å². The first kappa shape index (κ1) is 21.0. The minimum atomic E-state index is -4.48. The second-order valence-electron chi connectivity index (χ2n) is 6.86. The number of anilines is 2. The van der Waals surface area contributed by atoms with Gasteiger partial charge >= 0.3 is 6.18 Å². The number of aromatic nitrogens is 3. The van der Waals surface area contributed by atoms with Gasteiger partial charge in [0.25, 0.3) is 0 Å². The smallest absolute Gasteiger partial charge is 0.338 e. The number of hydrogen-bond donors (Lipinski definition) is 2. The van der Waals surface area contributed by atoms with Crippen LogP contribution in [-0.4, -0.2) is 15.2 Å². The maximum absolute atomic E-state index is 13.6. The summed E-state index contributed by atoms with van der Waals surface area (Å²) in [6.45, 7) is 0. The number of benzene rings is 3. The fraction of sp³-hybridized carbons (Fsp3) is 0.0435. The molecule has 0 aliphatic heterocycles. The van der Waals surface area contributed by atoms with Crippen LogP contribution in [0.1, 0.15) is 5.56 Å². The van der Waals surface area contributed by atoms with Crippen LogP contribution >= 0.6 is 0 Å². The number of alkyl halides is 3. The van der Waals surface area contributed by atoms with E-state index in [1.54, 1.807) is 18.2 Å². The van der Waals surface area contributed by atoms with Crippen molar-refractivity contribution in [1.82, 2.24) is 15.2 Å². The van der Waals surface area contributed by atoms with Crippen molar-refractivity contribution in [3.05, 3.63) is 84.4 Å². The van der Waals surface area contributed by atoms with E-state index in [0.717, 1.165) is 22.4 Å². The predicted molar refractivity (Wildman–Crippen MR) is 112 cm³/mol. The molecule has 4 nitrogen and oxygen atoms in total. The van der Waals surface area contributed by atoms with E-state index >= 15 is 0 Å². The largest absolute Gasteiger partial charge is 0.417 e. The Morgan fingerprint density at radius 3 is 2.29 bits per heavy atom. The molecule has 5 aromatic rings. The molecule has 0 atom stereocenters. The van der Waals surface area contributed by atoms with E-state index in [1.165, 1.54) is 12.1 Å². The molecule has 0 unspecified atom stereocenters. The molecule has 0 aliphatic carbocycles. The Balaban J connectivity index is 0.00000231. The fourth-order valence-corrected chi connectivity index (χ4v) is 3.56. The summed E-state index contributed by atoms with van der Waals surface area (Å²) in [4.78, 5) is 4.50. The summed E-state index contributed by atoms with van der Waals surface area (Å²) >= 11 is 0. The molecular weight excluding hydrogens is 440 g/mol. The van der Waals surface area contributed by atoms with Crippen LogP contribution < -0.4 is 5.32 Å². The molecule has 2 aromatic heterocycles. The molecule has 1 radical (unpaired) electrons. The molecule has 0 amide bonds. The quantitative estimate of drug-likeness (QED) is 0.325. The van der Waals surface area contributed by atoms with E-state index in [4.69, 9.17) is 0 Å². The molecule has 3 aromatic carbocycles. The Hall–Kier alpha value is -3.29. The molecule has 2 N–H and O–H groups in total.